The van der Waals surface area contributed by atoms with Gasteiger partial charge in [0.05, 0.1) is 5.69 Å². The zero-order valence-electron chi connectivity index (χ0n) is 11.5. The number of amides is 2. The highest BCUT2D eigenvalue weighted by Gasteiger charge is 2.24. The van der Waals surface area contributed by atoms with Crippen LogP contribution in [0.5, 0.6) is 0 Å². The largest absolute Gasteiger partial charge is 0.356 e. The van der Waals surface area contributed by atoms with Gasteiger partial charge in [-0.3, -0.25) is 9.59 Å². The third-order valence-electron chi connectivity index (χ3n) is 3.28. The van der Waals surface area contributed by atoms with Crippen molar-refractivity contribution in [2.75, 3.05) is 10.2 Å². The number of nitrogens with one attached hydrogen (secondary N) is 1. The van der Waals surface area contributed by atoms with Gasteiger partial charge in [0.1, 0.15) is 0 Å². The van der Waals surface area contributed by atoms with Gasteiger partial charge in [-0.2, -0.15) is 0 Å². The molecule has 0 radical (unpaired) electrons. The Balaban J connectivity index is 1.77. The molecule has 0 unspecified atom stereocenters. The molecule has 0 aromatic heterocycles. The zero-order chi connectivity index (χ0) is 14.8. The van der Waals surface area contributed by atoms with E-state index in [1.807, 2.05) is 43.3 Å². The van der Waals surface area contributed by atoms with E-state index in [-0.39, 0.29) is 11.8 Å². The quantitative estimate of drug-likeness (QED) is 0.877. The number of aryl methyl sites for hydroxylation is 1. The summed E-state index contributed by atoms with van der Waals surface area (Å²) in [5.74, 6) is -0.613. The number of rotatable bonds is 3. The molecule has 0 saturated carbocycles. The molecule has 104 valence electrons. The standard InChI is InChI=1S/C17H14N2O2/c1-12-2-4-13(5-3-12)18-14-6-8-15(9-7-14)19-16(20)10-11-17(19)21/h2-11,18H,1H3. The number of anilines is 3. The summed E-state index contributed by atoms with van der Waals surface area (Å²) in [7, 11) is 0. The minimum atomic E-state index is -0.306. The number of imide groups is 1. The van der Waals surface area contributed by atoms with Gasteiger partial charge in [0.2, 0.25) is 0 Å². The highest BCUT2D eigenvalue weighted by atomic mass is 16.2. The Morgan fingerprint density at radius 1 is 0.762 bits per heavy atom. The van der Waals surface area contributed by atoms with Crippen LogP contribution in [-0.2, 0) is 9.59 Å². The zero-order valence-corrected chi connectivity index (χ0v) is 11.5. The van der Waals surface area contributed by atoms with Gasteiger partial charge in [-0.1, -0.05) is 17.7 Å². The first kappa shape index (κ1) is 13.1. The van der Waals surface area contributed by atoms with Crippen LogP contribution in [0.25, 0.3) is 0 Å². The number of carbonyl (C=O) groups excluding carboxylic acids is 2. The molecule has 2 aromatic carbocycles. The van der Waals surface area contributed by atoms with E-state index >= 15 is 0 Å². The lowest BCUT2D eigenvalue weighted by Crippen LogP contribution is -2.29. The normalized spacial score (nSPS) is 13.9. The first-order valence-corrected chi connectivity index (χ1v) is 6.63. The van der Waals surface area contributed by atoms with Gasteiger partial charge in [0.25, 0.3) is 11.8 Å². The summed E-state index contributed by atoms with van der Waals surface area (Å²) in [6, 6.07) is 15.2. The van der Waals surface area contributed by atoms with Gasteiger partial charge in [-0.05, 0) is 43.3 Å². The molecule has 4 nitrogen and oxygen atoms in total. The summed E-state index contributed by atoms with van der Waals surface area (Å²) in [5, 5.41) is 3.27. The second-order valence-electron chi connectivity index (χ2n) is 4.88. The average molecular weight is 278 g/mol. The van der Waals surface area contributed by atoms with Crippen molar-refractivity contribution in [2.24, 2.45) is 0 Å². The molecular weight excluding hydrogens is 264 g/mol. The highest BCUT2D eigenvalue weighted by molar-refractivity contribution is 6.28. The van der Waals surface area contributed by atoms with Crippen LogP contribution in [0, 0.1) is 6.92 Å². The molecule has 0 saturated heterocycles. The smallest absolute Gasteiger partial charge is 0.258 e. The molecule has 1 heterocycles. The maximum absolute atomic E-state index is 11.6. The van der Waals surface area contributed by atoms with Crippen molar-refractivity contribution < 1.29 is 9.59 Å². The predicted molar refractivity (Wildman–Crippen MR) is 82.5 cm³/mol. The van der Waals surface area contributed by atoms with Gasteiger partial charge in [0, 0.05) is 23.5 Å². The van der Waals surface area contributed by atoms with E-state index in [1.54, 1.807) is 12.1 Å². The number of benzene rings is 2. The first-order valence-electron chi connectivity index (χ1n) is 6.63. The average Bonchev–Trinajstić information content (AvgIpc) is 2.82. The van der Waals surface area contributed by atoms with Crippen LogP contribution in [0.2, 0.25) is 0 Å². The molecule has 2 amide bonds. The van der Waals surface area contributed by atoms with Gasteiger partial charge in [-0.15, -0.1) is 0 Å². The molecule has 1 aliphatic heterocycles. The second-order valence-corrected chi connectivity index (χ2v) is 4.88. The lowest BCUT2D eigenvalue weighted by Gasteiger charge is -2.14. The summed E-state index contributed by atoms with van der Waals surface area (Å²) in [4.78, 5) is 24.3. The Kier molecular flexibility index (Phi) is 3.28. The van der Waals surface area contributed by atoms with Gasteiger partial charge < -0.3 is 5.32 Å². The molecule has 1 N–H and O–H groups in total. The molecule has 3 rings (SSSR count). The van der Waals surface area contributed by atoms with Crippen LogP contribution in [0.3, 0.4) is 0 Å². The third kappa shape index (κ3) is 2.69. The van der Waals surface area contributed by atoms with Crippen molar-refractivity contribution in [1.29, 1.82) is 0 Å². The van der Waals surface area contributed by atoms with Gasteiger partial charge >= 0.3 is 0 Å². The van der Waals surface area contributed by atoms with E-state index in [4.69, 9.17) is 0 Å². The fraction of sp³-hybridized carbons (Fsp3) is 0.0588. The lowest BCUT2D eigenvalue weighted by molar-refractivity contribution is -0.119. The monoisotopic (exact) mass is 278 g/mol. The molecule has 2 aromatic rings. The van der Waals surface area contributed by atoms with Crippen molar-refractivity contribution in [3.05, 3.63) is 66.2 Å². The van der Waals surface area contributed by atoms with Gasteiger partial charge in [0.15, 0.2) is 0 Å². The topological polar surface area (TPSA) is 49.4 Å². The number of hydrogen-bond acceptors (Lipinski definition) is 3. The van der Waals surface area contributed by atoms with E-state index in [0.717, 1.165) is 16.3 Å². The van der Waals surface area contributed by atoms with E-state index < -0.39 is 0 Å². The lowest BCUT2D eigenvalue weighted by atomic mass is 10.2. The maximum atomic E-state index is 11.6. The minimum absolute atomic E-state index is 0.306. The first-order chi connectivity index (χ1) is 10.1. The fourth-order valence-electron chi connectivity index (χ4n) is 2.15. The van der Waals surface area contributed by atoms with Crippen LogP contribution in [-0.4, -0.2) is 11.8 Å². The summed E-state index contributed by atoms with van der Waals surface area (Å²) < 4.78 is 0. The molecule has 4 heteroatoms. The number of carbonyl (C=O) groups is 2. The molecule has 0 atom stereocenters. The Morgan fingerprint density at radius 2 is 1.24 bits per heavy atom. The Bertz CT molecular complexity index is 697. The van der Waals surface area contributed by atoms with Crippen molar-refractivity contribution in [1.82, 2.24) is 0 Å². The van der Waals surface area contributed by atoms with E-state index in [0.29, 0.717) is 5.69 Å². The summed E-state index contributed by atoms with van der Waals surface area (Å²) in [6.45, 7) is 2.04. The number of nitrogens with zero attached hydrogens (tertiary/aromatic N) is 1. The molecule has 0 spiro atoms. The molecule has 0 bridgehead atoms. The molecule has 0 fully saturated rings. The van der Waals surface area contributed by atoms with E-state index in [2.05, 4.69) is 5.32 Å². The van der Waals surface area contributed by atoms with Crippen molar-refractivity contribution >= 4 is 28.9 Å². The van der Waals surface area contributed by atoms with E-state index in [1.165, 1.54) is 17.7 Å². The van der Waals surface area contributed by atoms with E-state index in [9.17, 15) is 9.59 Å². The predicted octanol–water partition coefficient (Wildman–Crippen LogP) is 3.17. The molecular formula is C17H14N2O2. The van der Waals surface area contributed by atoms with Crippen LogP contribution < -0.4 is 10.2 Å². The molecule has 21 heavy (non-hydrogen) atoms. The Hall–Kier alpha value is -2.88. The van der Waals surface area contributed by atoms with Crippen molar-refractivity contribution in [3.63, 3.8) is 0 Å². The van der Waals surface area contributed by atoms with Crippen LogP contribution in [0.1, 0.15) is 5.56 Å². The van der Waals surface area contributed by atoms with Crippen molar-refractivity contribution in [2.45, 2.75) is 6.92 Å². The minimum Gasteiger partial charge on any atom is -0.356 e. The molecule has 1 aliphatic rings. The van der Waals surface area contributed by atoms with Gasteiger partial charge in [-0.25, -0.2) is 4.90 Å². The Morgan fingerprint density at radius 3 is 1.76 bits per heavy atom. The third-order valence-corrected chi connectivity index (χ3v) is 3.28. The number of hydrogen-bond donors (Lipinski definition) is 1. The molecule has 0 aliphatic carbocycles. The maximum Gasteiger partial charge on any atom is 0.258 e. The highest BCUT2D eigenvalue weighted by Crippen LogP contribution is 2.23. The summed E-state index contributed by atoms with van der Waals surface area (Å²) >= 11 is 0. The second kappa shape index (κ2) is 5.25. The summed E-state index contributed by atoms with van der Waals surface area (Å²) in [6.07, 6.45) is 2.56. The SMILES string of the molecule is Cc1ccc(Nc2ccc(N3C(=O)C=CC3=O)cc2)cc1. The Labute approximate surface area is 122 Å². The van der Waals surface area contributed by atoms with Crippen LogP contribution >= 0.6 is 0 Å². The van der Waals surface area contributed by atoms with Crippen molar-refractivity contribution in [3.8, 4) is 0 Å². The summed E-state index contributed by atoms with van der Waals surface area (Å²) in [5.41, 5.74) is 3.66. The fourth-order valence-corrected chi connectivity index (χ4v) is 2.15. The van der Waals surface area contributed by atoms with Crippen LogP contribution in [0.4, 0.5) is 17.1 Å². The van der Waals surface area contributed by atoms with Crippen LogP contribution in [0.15, 0.2) is 60.7 Å².